The van der Waals surface area contributed by atoms with E-state index in [0.717, 1.165) is 11.1 Å². The average molecular weight is 304 g/mol. The van der Waals surface area contributed by atoms with Gasteiger partial charge in [-0.25, -0.2) is 0 Å². The Labute approximate surface area is 129 Å². The highest BCUT2D eigenvalue weighted by Crippen LogP contribution is 2.31. The smallest absolute Gasteiger partial charge is 0.164 e. The van der Waals surface area contributed by atoms with E-state index in [4.69, 9.17) is 22.1 Å². The van der Waals surface area contributed by atoms with Crippen molar-refractivity contribution in [2.75, 3.05) is 6.54 Å². The normalized spacial score (nSPS) is 10.4. The van der Waals surface area contributed by atoms with Gasteiger partial charge in [0.2, 0.25) is 0 Å². The Balaban J connectivity index is 2.15. The number of hydrogen-bond acceptors (Lipinski definition) is 3. The van der Waals surface area contributed by atoms with Crippen molar-refractivity contribution < 1.29 is 9.53 Å². The molecule has 0 aromatic heterocycles. The summed E-state index contributed by atoms with van der Waals surface area (Å²) in [4.78, 5) is 11.9. The summed E-state index contributed by atoms with van der Waals surface area (Å²) in [5.74, 6) is 0.613. The van der Waals surface area contributed by atoms with Crippen molar-refractivity contribution in [2.24, 2.45) is 5.73 Å². The number of carbonyl (C=O) groups excluding carboxylic acids is 1. The molecular formula is C17H18ClNO2. The number of carbonyl (C=O) groups is 1. The molecule has 2 rings (SSSR count). The molecule has 0 amide bonds. The van der Waals surface area contributed by atoms with Crippen molar-refractivity contribution in [3.63, 3.8) is 0 Å². The van der Waals surface area contributed by atoms with Crippen molar-refractivity contribution in [2.45, 2.75) is 20.0 Å². The zero-order chi connectivity index (χ0) is 15.2. The van der Waals surface area contributed by atoms with Gasteiger partial charge in [-0.3, -0.25) is 4.79 Å². The standard InChI is InChI=1S/C17H18ClNO2/c1-12-9-14(16(20)7-8-19)10-15(18)17(12)21-11-13-5-3-2-4-6-13/h2-6,9-10H,7-8,11,19H2,1H3. The highest BCUT2D eigenvalue weighted by Gasteiger charge is 2.12. The summed E-state index contributed by atoms with van der Waals surface area (Å²) >= 11 is 6.24. The Hall–Kier alpha value is -1.84. The van der Waals surface area contributed by atoms with Gasteiger partial charge in [0, 0.05) is 12.0 Å². The van der Waals surface area contributed by atoms with Gasteiger partial charge in [-0.2, -0.15) is 0 Å². The van der Waals surface area contributed by atoms with Crippen LogP contribution < -0.4 is 10.5 Å². The molecule has 0 bridgehead atoms. The molecule has 0 saturated carbocycles. The Kier molecular flexibility index (Phi) is 5.37. The van der Waals surface area contributed by atoms with E-state index in [1.807, 2.05) is 37.3 Å². The first-order chi connectivity index (χ1) is 10.1. The third kappa shape index (κ3) is 4.06. The van der Waals surface area contributed by atoms with Gasteiger partial charge in [-0.15, -0.1) is 0 Å². The lowest BCUT2D eigenvalue weighted by Crippen LogP contribution is -2.08. The molecule has 3 nitrogen and oxygen atoms in total. The number of rotatable bonds is 6. The topological polar surface area (TPSA) is 52.3 Å². The third-order valence-corrected chi connectivity index (χ3v) is 3.43. The monoisotopic (exact) mass is 303 g/mol. The number of ketones is 1. The van der Waals surface area contributed by atoms with Gasteiger partial charge in [0.15, 0.2) is 5.78 Å². The van der Waals surface area contributed by atoms with Crippen LogP contribution in [0.15, 0.2) is 42.5 Å². The molecule has 0 aliphatic rings. The van der Waals surface area contributed by atoms with Gasteiger partial charge in [0.05, 0.1) is 5.02 Å². The van der Waals surface area contributed by atoms with E-state index in [1.54, 1.807) is 12.1 Å². The molecule has 0 spiro atoms. The van der Waals surface area contributed by atoms with Crippen molar-refractivity contribution in [3.05, 3.63) is 64.2 Å². The quantitative estimate of drug-likeness (QED) is 0.827. The molecule has 4 heteroatoms. The molecular weight excluding hydrogens is 286 g/mol. The van der Waals surface area contributed by atoms with Crippen LogP contribution in [0, 0.1) is 6.92 Å². The molecule has 0 atom stereocenters. The first-order valence-electron chi connectivity index (χ1n) is 6.82. The number of ether oxygens (including phenoxy) is 1. The number of nitrogens with two attached hydrogens (primary N) is 1. The van der Waals surface area contributed by atoms with E-state index in [1.165, 1.54) is 0 Å². The fourth-order valence-corrected chi connectivity index (χ4v) is 2.40. The predicted octanol–water partition coefficient (Wildman–Crippen LogP) is 3.76. The van der Waals surface area contributed by atoms with Crippen molar-refractivity contribution >= 4 is 17.4 Å². The molecule has 0 radical (unpaired) electrons. The van der Waals surface area contributed by atoms with E-state index in [2.05, 4.69) is 0 Å². The van der Waals surface area contributed by atoms with Gasteiger partial charge in [0.25, 0.3) is 0 Å². The second-order valence-corrected chi connectivity index (χ2v) is 5.25. The molecule has 2 aromatic rings. The zero-order valence-corrected chi connectivity index (χ0v) is 12.7. The van der Waals surface area contributed by atoms with Crippen molar-refractivity contribution in [3.8, 4) is 5.75 Å². The van der Waals surface area contributed by atoms with Gasteiger partial charge in [-0.1, -0.05) is 41.9 Å². The Bertz CT molecular complexity index is 603. The molecule has 2 aromatic carbocycles. The van der Waals surface area contributed by atoms with Crippen LogP contribution in [-0.2, 0) is 6.61 Å². The minimum atomic E-state index is -0.00268. The largest absolute Gasteiger partial charge is 0.487 e. The molecule has 0 aliphatic heterocycles. The number of halogens is 1. The maximum Gasteiger partial charge on any atom is 0.164 e. The fraction of sp³-hybridized carbons (Fsp3) is 0.235. The second-order valence-electron chi connectivity index (χ2n) is 4.84. The minimum absolute atomic E-state index is 0.00268. The molecule has 2 N–H and O–H groups in total. The van der Waals surface area contributed by atoms with E-state index >= 15 is 0 Å². The minimum Gasteiger partial charge on any atom is -0.487 e. The number of hydrogen-bond donors (Lipinski definition) is 1. The number of Topliss-reactive ketones (excluding diaryl/α,β-unsaturated/α-hetero) is 1. The zero-order valence-electron chi connectivity index (χ0n) is 11.9. The second kappa shape index (κ2) is 7.25. The summed E-state index contributed by atoms with van der Waals surface area (Å²) in [7, 11) is 0. The molecule has 0 fully saturated rings. The highest BCUT2D eigenvalue weighted by molar-refractivity contribution is 6.32. The molecule has 0 heterocycles. The van der Waals surface area contributed by atoms with Crippen LogP contribution in [0.2, 0.25) is 5.02 Å². The summed E-state index contributed by atoms with van der Waals surface area (Å²) in [6.45, 7) is 2.66. The lowest BCUT2D eigenvalue weighted by Gasteiger charge is -2.12. The maximum atomic E-state index is 11.9. The van der Waals surface area contributed by atoms with Gasteiger partial charge >= 0.3 is 0 Å². The van der Waals surface area contributed by atoms with E-state index in [0.29, 0.717) is 35.9 Å². The van der Waals surface area contributed by atoms with E-state index in [9.17, 15) is 4.79 Å². The summed E-state index contributed by atoms with van der Waals surface area (Å²) in [5.41, 5.74) is 7.90. The first kappa shape index (κ1) is 15.5. The van der Waals surface area contributed by atoms with Crippen molar-refractivity contribution in [1.29, 1.82) is 0 Å². The summed E-state index contributed by atoms with van der Waals surface area (Å²) in [6.07, 6.45) is 0.319. The number of aryl methyl sites for hydroxylation is 1. The van der Waals surface area contributed by atoms with Crippen molar-refractivity contribution in [1.82, 2.24) is 0 Å². The van der Waals surface area contributed by atoms with Gasteiger partial charge in [0.1, 0.15) is 12.4 Å². The van der Waals surface area contributed by atoms with E-state index < -0.39 is 0 Å². The molecule has 21 heavy (non-hydrogen) atoms. The van der Waals surface area contributed by atoms with E-state index in [-0.39, 0.29) is 5.78 Å². The van der Waals surface area contributed by atoms with Crippen LogP contribution >= 0.6 is 11.6 Å². The molecule has 110 valence electrons. The lowest BCUT2D eigenvalue weighted by molar-refractivity contribution is 0.0985. The Morgan fingerprint density at radius 2 is 1.95 bits per heavy atom. The average Bonchev–Trinajstić information content (AvgIpc) is 2.47. The summed E-state index contributed by atoms with van der Waals surface area (Å²) < 4.78 is 5.78. The SMILES string of the molecule is Cc1cc(C(=O)CCN)cc(Cl)c1OCc1ccccc1. The van der Waals surface area contributed by atoms with Crippen LogP contribution in [0.4, 0.5) is 0 Å². The Morgan fingerprint density at radius 3 is 2.57 bits per heavy atom. The fourth-order valence-electron chi connectivity index (χ4n) is 2.08. The number of benzene rings is 2. The van der Waals surface area contributed by atoms with Crippen LogP contribution in [0.3, 0.4) is 0 Å². The molecule has 0 saturated heterocycles. The first-order valence-corrected chi connectivity index (χ1v) is 7.19. The van der Waals surface area contributed by atoms with Gasteiger partial charge in [-0.05, 0) is 36.7 Å². The van der Waals surface area contributed by atoms with Crippen LogP contribution in [-0.4, -0.2) is 12.3 Å². The van der Waals surface area contributed by atoms with Crippen LogP contribution in [0.5, 0.6) is 5.75 Å². The Morgan fingerprint density at radius 1 is 1.24 bits per heavy atom. The molecule has 0 unspecified atom stereocenters. The van der Waals surface area contributed by atoms with Crippen LogP contribution in [0.25, 0.3) is 0 Å². The lowest BCUT2D eigenvalue weighted by atomic mass is 10.0. The summed E-state index contributed by atoms with van der Waals surface area (Å²) in [6, 6.07) is 13.3. The predicted molar refractivity (Wildman–Crippen MR) is 85.0 cm³/mol. The molecule has 0 aliphatic carbocycles. The maximum absolute atomic E-state index is 11.9. The van der Waals surface area contributed by atoms with Gasteiger partial charge < -0.3 is 10.5 Å². The van der Waals surface area contributed by atoms with Crippen LogP contribution in [0.1, 0.15) is 27.9 Å². The third-order valence-electron chi connectivity index (χ3n) is 3.15. The highest BCUT2D eigenvalue weighted by atomic mass is 35.5. The summed E-state index contributed by atoms with van der Waals surface area (Å²) in [5, 5.41) is 0.450.